The van der Waals surface area contributed by atoms with Crippen LogP contribution in [0.25, 0.3) is 0 Å². The van der Waals surface area contributed by atoms with Gasteiger partial charge in [-0.15, -0.1) is 0 Å². The van der Waals surface area contributed by atoms with E-state index in [2.05, 4.69) is 7.11 Å². The molecule has 0 fully saturated rings. The first-order valence-corrected chi connectivity index (χ1v) is 3.45. The second-order valence-corrected chi connectivity index (χ2v) is 2.19. The molecule has 0 spiro atoms. The maximum absolute atomic E-state index is 5.01. The summed E-state index contributed by atoms with van der Waals surface area (Å²) in [4.78, 5) is 0. The van der Waals surface area contributed by atoms with Crippen LogP contribution in [0.15, 0.2) is 18.2 Å². The third-order valence-corrected chi connectivity index (χ3v) is 1.49. The summed E-state index contributed by atoms with van der Waals surface area (Å²) in [7, 11) is 6.47. The Hall–Kier alpha value is -1.38. The SMILES string of the molecule is [CH2]Oc1cc(OC)cc(OC)c1. The zero-order valence-corrected chi connectivity index (χ0v) is 7.16. The van der Waals surface area contributed by atoms with Gasteiger partial charge in [-0.05, 0) is 0 Å². The van der Waals surface area contributed by atoms with E-state index in [1.54, 1.807) is 32.4 Å². The fourth-order valence-corrected chi connectivity index (χ4v) is 0.865. The highest BCUT2D eigenvalue weighted by molar-refractivity contribution is 5.41. The predicted molar refractivity (Wildman–Crippen MR) is 45.5 cm³/mol. The summed E-state index contributed by atoms with van der Waals surface area (Å²) in [6.45, 7) is 0. The molecule has 0 atom stereocenters. The molecule has 3 heteroatoms. The summed E-state index contributed by atoms with van der Waals surface area (Å²) in [5, 5.41) is 0. The molecule has 1 rings (SSSR count). The molecular formula is C9H11O3. The van der Waals surface area contributed by atoms with E-state index in [4.69, 9.17) is 14.2 Å². The van der Waals surface area contributed by atoms with Gasteiger partial charge in [-0.25, -0.2) is 0 Å². The average Bonchev–Trinajstić information content (AvgIpc) is 2.16. The van der Waals surface area contributed by atoms with Crippen molar-refractivity contribution < 1.29 is 14.2 Å². The van der Waals surface area contributed by atoms with Gasteiger partial charge in [0.25, 0.3) is 0 Å². The van der Waals surface area contributed by atoms with E-state index in [9.17, 15) is 0 Å². The highest BCUT2D eigenvalue weighted by Crippen LogP contribution is 2.26. The van der Waals surface area contributed by atoms with Gasteiger partial charge in [0.15, 0.2) is 0 Å². The number of benzene rings is 1. The molecule has 0 amide bonds. The quantitative estimate of drug-likeness (QED) is 0.687. The smallest absolute Gasteiger partial charge is 0.126 e. The molecule has 0 saturated heterocycles. The van der Waals surface area contributed by atoms with Crippen molar-refractivity contribution in [2.45, 2.75) is 0 Å². The van der Waals surface area contributed by atoms with E-state index in [0.29, 0.717) is 17.2 Å². The fourth-order valence-electron chi connectivity index (χ4n) is 0.865. The number of hydrogen-bond acceptors (Lipinski definition) is 3. The van der Waals surface area contributed by atoms with Crippen LogP contribution >= 0.6 is 0 Å². The molecule has 0 N–H and O–H groups in total. The standard InChI is InChI=1S/C9H11O3/c1-10-7-4-8(11-2)6-9(5-7)12-3/h4-6H,1H2,2-3H3. The van der Waals surface area contributed by atoms with Crippen molar-refractivity contribution in [1.29, 1.82) is 0 Å². The second kappa shape index (κ2) is 3.85. The Bertz CT molecular complexity index is 203. The Labute approximate surface area is 71.9 Å². The zero-order chi connectivity index (χ0) is 8.97. The van der Waals surface area contributed by atoms with Crippen LogP contribution in [-0.4, -0.2) is 14.2 Å². The van der Waals surface area contributed by atoms with Crippen molar-refractivity contribution in [1.82, 2.24) is 0 Å². The molecule has 1 aromatic rings. The fraction of sp³-hybridized carbons (Fsp3) is 0.222. The van der Waals surface area contributed by atoms with Crippen molar-refractivity contribution >= 4 is 0 Å². The molecule has 0 saturated carbocycles. The Morgan fingerprint density at radius 2 is 1.33 bits per heavy atom. The van der Waals surface area contributed by atoms with Gasteiger partial charge in [0.2, 0.25) is 0 Å². The lowest BCUT2D eigenvalue weighted by molar-refractivity contribution is 0.385. The highest BCUT2D eigenvalue weighted by atomic mass is 16.5. The van der Waals surface area contributed by atoms with Crippen LogP contribution in [0.1, 0.15) is 0 Å². The highest BCUT2D eigenvalue weighted by Gasteiger charge is 2.00. The van der Waals surface area contributed by atoms with Gasteiger partial charge in [0, 0.05) is 18.2 Å². The molecule has 1 radical (unpaired) electrons. The first-order chi connectivity index (χ1) is 5.80. The van der Waals surface area contributed by atoms with E-state index in [-0.39, 0.29) is 0 Å². The Balaban J connectivity index is 3.01. The molecule has 0 bridgehead atoms. The molecule has 0 aliphatic heterocycles. The van der Waals surface area contributed by atoms with Crippen LogP contribution in [-0.2, 0) is 0 Å². The van der Waals surface area contributed by atoms with Gasteiger partial charge >= 0.3 is 0 Å². The van der Waals surface area contributed by atoms with Crippen molar-refractivity contribution in [2.75, 3.05) is 14.2 Å². The van der Waals surface area contributed by atoms with Gasteiger partial charge in [-0.2, -0.15) is 0 Å². The average molecular weight is 167 g/mol. The van der Waals surface area contributed by atoms with Gasteiger partial charge in [0.05, 0.1) is 14.2 Å². The maximum Gasteiger partial charge on any atom is 0.126 e. The van der Waals surface area contributed by atoms with Gasteiger partial charge in [-0.3, -0.25) is 0 Å². The number of methoxy groups -OCH3 is 2. The van der Waals surface area contributed by atoms with Crippen molar-refractivity contribution in [3.05, 3.63) is 25.3 Å². The molecule has 3 nitrogen and oxygen atoms in total. The van der Waals surface area contributed by atoms with Gasteiger partial charge in [-0.1, -0.05) is 0 Å². The van der Waals surface area contributed by atoms with Crippen molar-refractivity contribution in [2.24, 2.45) is 0 Å². The van der Waals surface area contributed by atoms with Crippen molar-refractivity contribution in [3.63, 3.8) is 0 Å². The third kappa shape index (κ3) is 1.81. The van der Waals surface area contributed by atoms with E-state index in [1.807, 2.05) is 0 Å². The van der Waals surface area contributed by atoms with Gasteiger partial charge < -0.3 is 14.2 Å². The molecule has 0 aromatic heterocycles. The zero-order valence-electron chi connectivity index (χ0n) is 7.16. The second-order valence-electron chi connectivity index (χ2n) is 2.19. The van der Waals surface area contributed by atoms with Crippen LogP contribution < -0.4 is 14.2 Å². The molecular weight excluding hydrogens is 156 g/mol. The largest absolute Gasteiger partial charge is 0.496 e. The minimum atomic E-state index is 0.617. The lowest BCUT2D eigenvalue weighted by Crippen LogP contribution is -1.88. The molecule has 12 heavy (non-hydrogen) atoms. The Morgan fingerprint density at radius 3 is 1.67 bits per heavy atom. The maximum atomic E-state index is 5.01. The van der Waals surface area contributed by atoms with Crippen LogP contribution in [0.4, 0.5) is 0 Å². The van der Waals surface area contributed by atoms with Crippen molar-refractivity contribution in [3.8, 4) is 17.2 Å². The lowest BCUT2D eigenvalue weighted by Gasteiger charge is -2.06. The number of ether oxygens (including phenoxy) is 3. The van der Waals surface area contributed by atoms with Crippen LogP contribution in [0.2, 0.25) is 0 Å². The molecule has 0 aliphatic rings. The summed E-state index contributed by atoms with van der Waals surface area (Å²) in [5.41, 5.74) is 0. The third-order valence-electron chi connectivity index (χ3n) is 1.49. The number of hydrogen-bond donors (Lipinski definition) is 0. The molecule has 0 aliphatic carbocycles. The summed E-state index contributed by atoms with van der Waals surface area (Å²) >= 11 is 0. The molecule has 65 valence electrons. The number of rotatable bonds is 3. The van der Waals surface area contributed by atoms with E-state index in [0.717, 1.165) is 0 Å². The predicted octanol–water partition coefficient (Wildman–Crippen LogP) is 1.87. The lowest BCUT2D eigenvalue weighted by atomic mass is 10.3. The Morgan fingerprint density at radius 1 is 0.917 bits per heavy atom. The van der Waals surface area contributed by atoms with E-state index >= 15 is 0 Å². The van der Waals surface area contributed by atoms with E-state index < -0.39 is 0 Å². The van der Waals surface area contributed by atoms with Crippen LogP contribution in [0, 0.1) is 7.11 Å². The summed E-state index contributed by atoms with van der Waals surface area (Å²) < 4.78 is 14.8. The molecule has 0 unspecified atom stereocenters. The molecule has 1 aromatic carbocycles. The molecule has 0 heterocycles. The minimum absolute atomic E-state index is 0.617. The summed E-state index contributed by atoms with van der Waals surface area (Å²) in [5.74, 6) is 1.99. The van der Waals surface area contributed by atoms with Crippen LogP contribution in [0.3, 0.4) is 0 Å². The van der Waals surface area contributed by atoms with Crippen LogP contribution in [0.5, 0.6) is 17.2 Å². The Kier molecular flexibility index (Phi) is 2.80. The minimum Gasteiger partial charge on any atom is -0.496 e. The first kappa shape index (κ1) is 8.71. The van der Waals surface area contributed by atoms with Gasteiger partial charge in [0.1, 0.15) is 24.4 Å². The topological polar surface area (TPSA) is 27.7 Å². The summed E-state index contributed by atoms with van der Waals surface area (Å²) in [6, 6.07) is 5.23. The van der Waals surface area contributed by atoms with E-state index in [1.165, 1.54) is 0 Å². The monoisotopic (exact) mass is 167 g/mol. The first-order valence-electron chi connectivity index (χ1n) is 3.45. The normalized spacial score (nSPS) is 9.25. The summed E-state index contributed by atoms with van der Waals surface area (Å²) in [6.07, 6.45) is 0.